The number of carboxylic acids is 3. The Labute approximate surface area is 645 Å². The van der Waals surface area contributed by atoms with Gasteiger partial charge < -0.3 is 127 Å². The number of hydrogen-bond acceptors (Lipinski definition) is 23. The van der Waals surface area contributed by atoms with Gasteiger partial charge in [0.25, 0.3) is 0 Å². The summed E-state index contributed by atoms with van der Waals surface area (Å²) in [6.07, 6.45) is 0.174. The molecule has 3 saturated heterocycles. The van der Waals surface area contributed by atoms with Crippen LogP contribution in [0.15, 0.2) is 17.5 Å². The number of hydrogen-bond donors (Lipinski definition) is 23. The van der Waals surface area contributed by atoms with Crippen molar-refractivity contribution in [1.29, 1.82) is 0 Å². The number of carbonyl (C=O) groups is 18. The number of fused-ring (bicyclic) bond motifs is 1. The predicted octanol–water partition coefficient (Wildman–Crippen LogP) is -8.05. The van der Waals surface area contributed by atoms with Gasteiger partial charge >= 0.3 is 31.8 Å². The number of amides is 16. The number of nitrogens with two attached hydrogens (primary N) is 3. The van der Waals surface area contributed by atoms with Crippen molar-refractivity contribution < 1.29 is 120 Å². The summed E-state index contributed by atoms with van der Waals surface area (Å²) in [4.78, 5) is 268. The van der Waals surface area contributed by atoms with Gasteiger partial charge in [0.1, 0.15) is 66.5 Å². The number of carbonyl (C=O) groups excluding carboxylic acids is 15. The number of rotatable bonds is 49. The maximum absolute atomic E-state index is 14.5. The summed E-state index contributed by atoms with van der Waals surface area (Å²) >= 11 is 1.74. The highest BCUT2D eigenvalue weighted by atomic mass is 32.2. The number of phosphoric ester groups is 1. The smallest absolute Gasteiger partial charge is 0.469 e. The molecule has 0 unspecified atom stereocenters. The van der Waals surface area contributed by atoms with E-state index in [0.29, 0.717) is 18.5 Å². The fraction of sp³-hybridized carbons (Fsp3) is 0.656. The second kappa shape index (κ2) is 45.5. The lowest BCUT2D eigenvalue weighted by Gasteiger charge is -2.31. The van der Waals surface area contributed by atoms with Crippen LogP contribution in [0.2, 0.25) is 0 Å². The topological polar surface area (TPSA) is 725 Å². The van der Waals surface area contributed by atoms with Crippen molar-refractivity contribution in [2.24, 2.45) is 34.0 Å². The first-order valence-electron chi connectivity index (χ1n) is 35.8. The van der Waals surface area contributed by atoms with Gasteiger partial charge in [0.05, 0.1) is 44.5 Å². The number of primary amides is 1. The number of aliphatic carboxylic acids is 3. The Morgan fingerprint density at radius 1 is 0.607 bits per heavy atom. The van der Waals surface area contributed by atoms with Crippen LogP contribution in [0, 0.1) is 11.8 Å². The van der Waals surface area contributed by atoms with Gasteiger partial charge in [-0.15, -0.1) is 0 Å². The van der Waals surface area contributed by atoms with Gasteiger partial charge in [-0.2, -0.15) is 11.8 Å². The zero-order valence-corrected chi connectivity index (χ0v) is 64.1. The lowest BCUT2D eigenvalue weighted by atomic mass is 10.0. The van der Waals surface area contributed by atoms with Crippen molar-refractivity contribution >= 4 is 132 Å². The predicted molar refractivity (Wildman–Crippen MR) is 390 cm³/mol. The van der Waals surface area contributed by atoms with Crippen LogP contribution in [0.5, 0.6) is 0 Å². The second-order valence-corrected chi connectivity index (χ2v) is 29.9. The second-order valence-electron chi connectivity index (χ2n) is 27.3. The molecule has 48 heteroatoms. The molecule has 0 saturated carbocycles. The summed E-state index contributed by atoms with van der Waals surface area (Å²) in [6, 6.07) is -18.5. The van der Waals surface area contributed by atoms with Crippen molar-refractivity contribution in [2.45, 2.75) is 215 Å². The molecular formula is C64H102N21O25PS. The number of unbranched alkanes of at least 4 members (excludes halogenated alkanes) is 1. The maximum atomic E-state index is 14.5. The molecule has 4 rings (SSSR count). The molecule has 3 aliphatic heterocycles. The highest BCUT2D eigenvalue weighted by Crippen LogP contribution is 2.36. The van der Waals surface area contributed by atoms with Gasteiger partial charge in [-0.3, -0.25) is 91.0 Å². The molecule has 1 aromatic heterocycles. The largest absolute Gasteiger partial charge is 0.481 e. The average molecular weight is 1630 g/mol. The van der Waals surface area contributed by atoms with Crippen molar-refractivity contribution in [3.8, 4) is 0 Å². The number of carboxylic acid groups (broad SMARTS) is 3. The molecule has 26 N–H and O–H groups in total. The molecule has 46 nitrogen and oxygen atoms in total. The van der Waals surface area contributed by atoms with Crippen molar-refractivity contribution in [3.63, 3.8) is 0 Å². The monoisotopic (exact) mass is 1630 g/mol. The summed E-state index contributed by atoms with van der Waals surface area (Å²) in [5, 5.41) is 63.0. The number of urea groups is 1. The molecule has 0 spiro atoms. The Bertz CT molecular complexity index is 3640. The number of thioether (sulfide) groups is 1. The first-order chi connectivity index (χ1) is 52.5. The lowest BCUT2D eigenvalue weighted by molar-refractivity contribution is -0.144. The van der Waals surface area contributed by atoms with E-state index in [1.807, 2.05) is 0 Å². The van der Waals surface area contributed by atoms with Crippen LogP contribution in [-0.4, -0.2) is 275 Å². The summed E-state index contributed by atoms with van der Waals surface area (Å²) in [7, 11) is -5.47. The average Bonchev–Trinajstić information content (AvgIpc) is 1.66. The molecule has 624 valence electrons. The molecule has 1 aromatic rings. The minimum Gasteiger partial charge on any atom is -0.481 e. The zero-order valence-electron chi connectivity index (χ0n) is 62.4. The minimum absolute atomic E-state index is 0.0169. The zero-order chi connectivity index (χ0) is 83.9. The Morgan fingerprint density at radius 2 is 1.13 bits per heavy atom. The number of aromatic amines is 1. The van der Waals surface area contributed by atoms with Crippen molar-refractivity contribution in [3.05, 3.63) is 18.2 Å². The lowest BCUT2D eigenvalue weighted by Crippen LogP contribution is -2.61. The molecule has 16 amide bonds. The van der Waals surface area contributed by atoms with E-state index >= 15 is 0 Å². The van der Waals surface area contributed by atoms with Gasteiger partial charge in [-0.1, -0.05) is 34.1 Å². The van der Waals surface area contributed by atoms with E-state index in [-0.39, 0.29) is 80.9 Å². The minimum atomic E-state index is -5.47. The van der Waals surface area contributed by atoms with E-state index in [2.05, 4.69) is 93.9 Å². The van der Waals surface area contributed by atoms with Gasteiger partial charge in [-0.25, -0.2) is 14.3 Å². The van der Waals surface area contributed by atoms with Crippen LogP contribution in [0.3, 0.4) is 0 Å². The fourth-order valence-corrected chi connectivity index (χ4v) is 13.6. The third-order valence-corrected chi connectivity index (χ3v) is 19.6. The Balaban J connectivity index is 1.39. The molecule has 112 heavy (non-hydrogen) atoms. The Kier molecular flexibility index (Phi) is 38.0. The van der Waals surface area contributed by atoms with Gasteiger partial charge in [-0.05, 0) is 77.0 Å². The van der Waals surface area contributed by atoms with E-state index in [9.17, 15) is 116 Å². The number of imidazole rings is 1. The van der Waals surface area contributed by atoms with Crippen LogP contribution < -0.4 is 91.6 Å². The Morgan fingerprint density at radius 3 is 1.69 bits per heavy atom. The van der Waals surface area contributed by atoms with Gasteiger partial charge in [0.15, 0.2) is 5.96 Å². The summed E-state index contributed by atoms with van der Waals surface area (Å²) in [5.41, 5.74) is 16.8. The summed E-state index contributed by atoms with van der Waals surface area (Å²) in [6.45, 7) is 5.30. The molecule has 4 heterocycles. The number of aromatic nitrogens is 2. The van der Waals surface area contributed by atoms with Crippen molar-refractivity contribution in [1.82, 2.24) is 89.3 Å². The fourth-order valence-electron chi connectivity index (χ4n) is 11.7. The summed E-state index contributed by atoms with van der Waals surface area (Å²) < 4.78 is 16.7. The number of phosphoric acid groups is 1. The van der Waals surface area contributed by atoms with E-state index in [1.54, 1.807) is 11.8 Å². The van der Waals surface area contributed by atoms with Gasteiger partial charge in [0, 0.05) is 61.7 Å². The first-order valence-corrected chi connectivity index (χ1v) is 38.3. The SMILES string of the molecule is CC(C)[C@H](NC(=O)CNC(=O)CNC(=O)CCCC[C@@H]1SC[C@@H]2NC(=O)N[C@@H]21)C(=O)N[C@@H](CC(=O)O)C(=O)N[C@@H](C)C(=O)N[C@@H](C)C(=O)N[C@H](C(=O)N[C@@H](COP(=O)(O)O)C(=O)N1CCC[C@H]1C(=O)N[C@@H](CCC(=O)O)C(=O)N[C@@H](CCC(=O)O)C(=O)N[C@@H](CCCN=C(N)N)C(=O)N[C@@H](Cc1cnc[nH]1)C(N)=O)C(C)C. The highest BCUT2D eigenvalue weighted by Gasteiger charge is 2.44. The third kappa shape index (κ3) is 32.6. The highest BCUT2D eigenvalue weighted by molar-refractivity contribution is 8.00. The van der Waals surface area contributed by atoms with E-state index < -0.39 is 239 Å². The van der Waals surface area contributed by atoms with Crippen molar-refractivity contribution in [2.75, 3.05) is 38.5 Å². The number of aliphatic imine (C=N–C) groups is 1. The number of nitrogens with one attached hydrogen (secondary N) is 15. The van der Waals surface area contributed by atoms with Crippen LogP contribution >= 0.6 is 19.6 Å². The standard InChI is InChI=1S/C64H102N21O25PS/c1-29(2)49(82-45(88)25-71-44(87)24-70-43(86)14-8-7-13-42-51-40(27-112-42)81-64(106)84-51)60(103)79-38(22-48(93)94)58(101)74-31(5)53(96)73-32(6)54(97)83-50(30(3)4)61(104)80-39(26-110-111(107,108)109)62(105)85-20-10-12-41(85)59(102)77-36(16-18-47(91)92)57(100)76-35(15-17-46(89)90)56(99)75-34(11-9-19-69-63(66)67)55(98)78-37(52(65)95)21-33-23-68-28-72-33/h23,28-32,34-42,49-51H,7-22,24-27H2,1-6H3,(H2,65,95)(H,68,72)(H,70,86)(H,71,87)(H,73,96)(H,74,101)(H,75,99)(H,76,100)(H,77,102)(H,78,98)(H,79,103)(H,80,104)(H,82,88)(H,83,97)(H,89,90)(H,91,92)(H,93,94)(H4,66,67,69)(H2,81,84,106)(H2,107,108,109)/t31-,32-,34-,35-,36-,37-,38-,39-,40-,41-,42-,49-,50-,51-/m0/s1. The van der Waals surface area contributed by atoms with E-state index in [4.69, 9.17) is 17.2 Å². The number of nitrogens with zero attached hydrogens (tertiary/aromatic N) is 3. The molecule has 0 radical (unpaired) electrons. The molecule has 0 aromatic carbocycles. The van der Waals surface area contributed by atoms with E-state index in [0.717, 1.165) is 30.9 Å². The first kappa shape index (κ1) is 93.6. The molecule has 14 atom stereocenters. The van der Waals surface area contributed by atoms with E-state index in [1.165, 1.54) is 40.2 Å². The summed E-state index contributed by atoms with van der Waals surface area (Å²) in [5.74, 6) is -20.1. The molecule has 0 aliphatic carbocycles. The normalized spacial score (nSPS) is 18.3. The Hall–Kier alpha value is -10.8. The molecular weight excluding hydrogens is 1530 g/mol. The molecule has 0 bridgehead atoms. The number of likely N-dealkylation sites (tertiary alicyclic amines) is 1. The molecule has 3 fully saturated rings. The van der Waals surface area contributed by atoms with Gasteiger partial charge in [0.2, 0.25) is 82.7 Å². The quantitative estimate of drug-likeness (QED) is 0.00947. The number of guanidine groups is 1. The third-order valence-electron chi connectivity index (χ3n) is 17.6. The van der Waals surface area contributed by atoms with Crippen LogP contribution in [0.4, 0.5) is 4.79 Å². The molecule has 3 aliphatic rings. The maximum Gasteiger partial charge on any atom is 0.469 e. The van der Waals surface area contributed by atoms with Crippen LogP contribution in [0.25, 0.3) is 0 Å². The van der Waals surface area contributed by atoms with Crippen LogP contribution in [0.1, 0.15) is 131 Å². The van der Waals surface area contributed by atoms with Crippen LogP contribution in [-0.2, 0) is 97.0 Å². The number of H-pyrrole nitrogens is 1.